The fraction of sp³-hybridized carbons (Fsp3) is 0.308. The van der Waals surface area contributed by atoms with E-state index in [1.54, 1.807) is 0 Å². The molecule has 0 amide bonds. The molecule has 0 spiro atoms. The van der Waals surface area contributed by atoms with Gasteiger partial charge in [0, 0.05) is 16.5 Å². The second-order valence-electron chi connectivity index (χ2n) is 9.67. The summed E-state index contributed by atoms with van der Waals surface area (Å²) in [5.41, 5.74) is 6.30. The molecule has 0 bridgehead atoms. The molecule has 146 valence electrons. The maximum atomic E-state index is 6.52. The average Bonchev–Trinajstić information content (AvgIpc) is 3.12. The predicted octanol–water partition coefficient (Wildman–Crippen LogP) is 6.13. The monoisotopic (exact) mass is 381 g/mol. The Morgan fingerprint density at radius 2 is 1.48 bits per heavy atom. The number of benzene rings is 3. The summed E-state index contributed by atoms with van der Waals surface area (Å²) in [4.78, 5) is 0. The zero-order chi connectivity index (χ0) is 20.4. The average molecular weight is 381 g/mol. The maximum Gasteiger partial charge on any atom is 0.327 e. The molecule has 4 aromatic rings. The Balaban J connectivity index is 1.73. The summed E-state index contributed by atoms with van der Waals surface area (Å²) in [5.74, 6) is 0. The maximum absolute atomic E-state index is 6.52. The van der Waals surface area contributed by atoms with E-state index in [-0.39, 0.29) is 17.9 Å². The van der Waals surface area contributed by atoms with Crippen molar-refractivity contribution < 1.29 is 4.65 Å². The molecule has 0 saturated carbocycles. The molecule has 1 aliphatic rings. The van der Waals surface area contributed by atoms with Gasteiger partial charge in [-0.1, -0.05) is 55.8 Å². The molecule has 1 fully saturated rings. The van der Waals surface area contributed by atoms with E-state index in [9.17, 15) is 0 Å². The quantitative estimate of drug-likeness (QED) is 0.381. The van der Waals surface area contributed by atoms with E-state index in [1.165, 1.54) is 38.5 Å². The minimum atomic E-state index is -0.124. The molecule has 2 heterocycles. The largest absolute Gasteiger partial charge is 0.426 e. The molecule has 0 aliphatic carbocycles. The smallest absolute Gasteiger partial charge is 0.327 e. The van der Waals surface area contributed by atoms with E-state index in [4.69, 9.17) is 4.65 Å². The van der Waals surface area contributed by atoms with Gasteiger partial charge in [-0.25, -0.2) is 0 Å². The summed E-state index contributed by atoms with van der Waals surface area (Å²) in [6, 6.07) is 24.3. The van der Waals surface area contributed by atoms with Gasteiger partial charge >= 0.3 is 6.92 Å². The fourth-order valence-corrected chi connectivity index (χ4v) is 4.66. The first-order valence-electron chi connectivity index (χ1n) is 10.5. The van der Waals surface area contributed by atoms with E-state index in [0.717, 1.165) is 6.32 Å². The molecule has 3 aromatic carbocycles. The van der Waals surface area contributed by atoms with Gasteiger partial charge in [-0.15, -0.1) is 0 Å². The molecule has 2 nitrogen and oxygen atoms in total. The van der Waals surface area contributed by atoms with Crippen LogP contribution in [0.15, 0.2) is 66.7 Å². The highest BCUT2D eigenvalue weighted by Crippen LogP contribution is 2.45. The summed E-state index contributed by atoms with van der Waals surface area (Å²) in [6.07, 6.45) is 1.04. The van der Waals surface area contributed by atoms with Crippen molar-refractivity contribution in [2.24, 2.45) is 5.41 Å². The van der Waals surface area contributed by atoms with Gasteiger partial charge in [-0.3, -0.25) is 0 Å². The van der Waals surface area contributed by atoms with Crippen LogP contribution in [0, 0.1) is 12.3 Å². The summed E-state index contributed by atoms with van der Waals surface area (Å²) in [5, 5.41) is 2.61. The van der Waals surface area contributed by atoms with E-state index >= 15 is 0 Å². The number of aromatic nitrogens is 1. The van der Waals surface area contributed by atoms with Gasteiger partial charge in [0.15, 0.2) is 0 Å². The molecule has 1 aliphatic heterocycles. The van der Waals surface area contributed by atoms with Gasteiger partial charge < -0.3 is 9.22 Å². The zero-order valence-corrected chi connectivity index (χ0v) is 18.0. The minimum absolute atomic E-state index is 0.124. The van der Waals surface area contributed by atoms with Gasteiger partial charge in [0.05, 0.1) is 16.6 Å². The van der Waals surface area contributed by atoms with Crippen molar-refractivity contribution in [1.82, 2.24) is 4.57 Å². The van der Waals surface area contributed by atoms with Crippen molar-refractivity contribution in [1.29, 1.82) is 0 Å². The highest BCUT2D eigenvalue weighted by molar-refractivity contribution is 6.68. The van der Waals surface area contributed by atoms with Crippen LogP contribution in [0.3, 0.4) is 0 Å². The highest BCUT2D eigenvalue weighted by atomic mass is 16.5. The Morgan fingerprint density at radius 1 is 0.828 bits per heavy atom. The van der Waals surface area contributed by atoms with Crippen LogP contribution in [0.1, 0.15) is 33.3 Å². The van der Waals surface area contributed by atoms with Crippen LogP contribution in [0.5, 0.6) is 0 Å². The van der Waals surface area contributed by atoms with Crippen LogP contribution in [-0.2, 0) is 4.65 Å². The van der Waals surface area contributed by atoms with Gasteiger partial charge in [0.1, 0.15) is 0 Å². The third-order valence-electron chi connectivity index (χ3n) is 7.09. The number of rotatable bonds is 2. The number of hydrogen-bond donors (Lipinski definition) is 0. The second kappa shape index (κ2) is 6.24. The van der Waals surface area contributed by atoms with Crippen molar-refractivity contribution in [2.75, 3.05) is 0 Å². The first-order chi connectivity index (χ1) is 13.8. The number of hydrogen-bond acceptors (Lipinski definition) is 1. The molecular weight excluding hydrogens is 353 g/mol. The van der Waals surface area contributed by atoms with Crippen LogP contribution in [-0.4, -0.2) is 17.1 Å². The van der Waals surface area contributed by atoms with E-state index in [0.29, 0.717) is 0 Å². The number of aryl methyl sites for hydroxylation is 1. The lowest BCUT2D eigenvalue weighted by molar-refractivity contribution is 0.0375. The first-order valence-corrected chi connectivity index (χ1v) is 10.5. The fourth-order valence-electron chi connectivity index (χ4n) is 4.66. The van der Waals surface area contributed by atoms with E-state index in [1.807, 2.05) is 0 Å². The van der Waals surface area contributed by atoms with Crippen molar-refractivity contribution >= 4 is 34.2 Å². The normalized spacial score (nSPS) is 18.0. The molecule has 5 rings (SSSR count). The molecule has 0 radical (unpaired) electrons. The summed E-state index contributed by atoms with van der Waals surface area (Å²) in [6.45, 7) is 11.4. The molecule has 0 atom stereocenters. The lowest BCUT2D eigenvalue weighted by Crippen LogP contribution is -2.36. The molecule has 1 aromatic heterocycles. The van der Waals surface area contributed by atoms with Gasteiger partial charge in [-0.2, -0.15) is 0 Å². The summed E-state index contributed by atoms with van der Waals surface area (Å²) in [7, 11) is 0. The van der Waals surface area contributed by atoms with E-state index in [2.05, 4.69) is 106 Å². The van der Waals surface area contributed by atoms with E-state index < -0.39 is 0 Å². The molecule has 1 saturated heterocycles. The first kappa shape index (κ1) is 18.5. The zero-order valence-electron chi connectivity index (χ0n) is 18.0. The third kappa shape index (κ3) is 2.83. The Morgan fingerprint density at radius 3 is 2.14 bits per heavy atom. The lowest BCUT2D eigenvalue weighted by atomic mass is 9.54. The lowest BCUT2D eigenvalue weighted by Gasteiger charge is -2.34. The standard InChI is InChI=1S/C26H28BNO/c1-18-11-13-23-21(15-18)22-16-19(27-17-25(2,3)26(4,5)29-27)12-14-24(22)28(23)20-9-7-6-8-10-20/h6-16H,17H2,1-5H3. The second-order valence-corrected chi connectivity index (χ2v) is 9.67. The molecule has 0 N–H and O–H groups in total. The van der Waals surface area contributed by atoms with Crippen LogP contribution in [0.4, 0.5) is 0 Å². The van der Waals surface area contributed by atoms with Crippen molar-refractivity contribution in [2.45, 2.75) is 46.5 Å². The summed E-state index contributed by atoms with van der Waals surface area (Å²) >= 11 is 0. The van der Waals surface area contributed by atoms with Crippen molar-refractivity contribution in [3.8, 4) is 5.69 Å². The third-order valence-corrected chi connectivity index (χ3v) is 7.09. The van der Waals surface area contributed by atoms with Crippen molar-refractivity contribution in [3.05, 3.63) is 72.3 Å². The van der Waals surface area contributed by atoms with Gasteiger partial charge in [0.2, 0.25) is 0 Å². The minimum Gasteiger partial charge on any atom is -0.426 e. The Hall–Kier alpha value is -2.52. The summed E-state index contributed by atoms with van der Waals surface area (Å²) < 4.78 is 8.89. The SMILES string of the molecule is Cc1ccc2c(c1)c1cc(B3CC(C)(C)C(C)(C)O3)ccc1n2-c1ccccc1. The Labute approximate surface area is 173 Å². The number of nitrogens with zero attached hydrogens (tertiary/aromatic N) is 1. The van der Waals surface area contributed by atoms with Gasteiger partial charge in [-0.05, 0) is 68.3 Å². The Bertz CT molecular complexity index is 1200. The predicted molar refractivity (Wildman–Crippen MR) is 125 cm³/mol. The topological polar surface area (TPSA) is 14.2 Å². The number of para-hydroxylation sites is 1. The van der Waals surface area contributed by atoms with Crippen LogP contribution >= 0.6 is 0 Å². The van der Waals surface area contributed by atoms with Crippen LogP contribution in [0.2, 0.25) is 6.32 Å². The van der Waals surface area contributed by atoms with Crippen LogP contribution in [0.25, 0.3) is 27.5 Å². The van der Waals surface area contributed by atoms with Crippen LogP contribution < -0.4 is 5.46 Å². The molecule has 0 unspecified atom stereocenters. The molecule has 3 heteroatoms. The highest BCUT2D eigenvalue weighted by Gasteiger charge is 2.49. The Kier molecular flexibility index (Phi) is 3.98. The number of fused-ring (bicyclic) bond motifs is 3. The molecular formula is C26H28BNO. The van der Waals surface area contributed by atoms with Gasteiger partial charge in [0.25, 0.3) is 0 Å². The molecule has 29 heavy (non-hydrogen) atoms. The van der Waals surface area contributed by atoms with Crippen molar-refractivity contribution in [3.63, 3.8) is 0 Å².